The second-order valence-corrected chi connectivity index (χ2v) is 9.75. The van der Waals surface area contributed by atoms with Gasteiger partial charge in [0.05, 0.1) is 54.9 Å². The molecule has 8 heteroatoms. The van der Waals surface area contributed by atoms with E-state index in [1.807, 2.05) is 59.5 Å². The van der Waals surface area contributed by atoms with E-state index in [1.54, 1.807) is 11.8 Å². The molecule has 3 aliphatic heterocycles. The third-order valence-electron chi connectivity index (χ3n) is 8.18. The van der Waals surface area contributed by atoms with E-state index in [9.17, 15) is 19.5 Å². The molecule has 0 aromatic heterocycles. The van der Waals surface area contributed by atoms with Crippen LogP contribution in [0, 0.1) is 11.8 Å². The van der Waals surface area contributed by atoms with Crippen molar-refractivity contribution in [3.05, 3.63) is 76.9 Å². The first kappa shape index (κ1) is 22.0. The Morgan fingerprint density at radius 3 is 2.29 bits per heavy atom. The molecular weight excluding hydrogens is 448 g/mol. The van der Waals surface area contributed by atoms with Crippen molar-refractivity contribution in [3.63, 3.8) is 0 Å². The molecule has 35 heavy (non-hydrogen) atoms. The highest BCUT2D eigenvalue weighted by atomic mass is 16.5. The van der Waals surface area contributed by atoms with E-state index < -0.39 is 47.6 Å². The lowest BCUT2D eigenvalue weighted by molar-refractivity contribution is -0.143. The van der Waals surface area contributed by atoms with E-state index in [1.165, 1.54) is 14.2 Å². The number of methoxy groups -OCH3 is 2. The Morgan fingerprint density at radius 1 is 0.971 bits per heavy atom. The maximum absolute atomic E-state index is 14.0. The van der Waals surface area contributed by atoms with Crippen LogP contribution in [-0.4, -0.2) is 60.3 Å². The molecule has 0 bridgehead atoms. The molecule has 3 heterocycles. The molecule has 2 fully saturated rings. The van der Waals surface area contributed by atoms with Crippen LogP contribution in [0.5, 0.6) is 0 Å². The van der Waals surface area contributed by atoms with E-state index in [0.717, 1.165) is 5.56 Å². The molecule has 1 amide bonds. The van der Waals surface area contributed by atoms with Gasteiger partial charge >= 0.3 is 11.9 Å². The van der Waals surface area contributed by atoms with Crippen LogP contribution in [0.15, 0.2) is 65.7 Å². The summed E-state index contributed by atoms with van der Waals surface area (Å²) in [5.74, 6) is -2.33. The normalized spacial score (nSPS) is 32.5. The summed E-state index contributed by atoms with van der Waals surface area (Å²) >= 11 is 0. The summed E-state index contributed by atoms with van der Waals surface area (Å²) in [6.07, 6.45) is -0.0764. The molecule has 4 aliphatic rings. The molecule has 6 atom stereocenters. The highest BCUT2D eigenvalue weighted by Crippen LogP contribution is 2.63. The lowest BCUT2D eigenvalue weighted by Gasteiger charge is -2.48. The van der Waals surface area contributed by atoms with Gasteiger partial charge in [0.1, 0.15) is 0 Å². The molecule has 2 unspecified atom stereocenters. The molecule has 2 aromatic rings. The molecule has 6 rings (SSSR count). The van der Waals surface area contributed by atoms with Crippen LogP contribution in [0.3, 0.4) is 0 Å². The number of aliphatic hydroxyl groups is 1. The largest absolute Gasteiger partial charge is 0.466 e. The van der Waals surface area contributed by atoms with Gasteiger partial charge in [-0.1, -0.05) is 48.5 Å². The Balaban J connectivity index is 1.57. The van der Waals surface area contributed by atoms with Crippen LogP contribution >= 0.6 is 0 Å². The quantitative estimate of drug-likeness (QED) is 0.675. The summed E-state index contributed by atoms with van der Waals surface area (Å²) in [6, 6.07) is 15.9. The van der Waals surface area contributed by atoms with Gasteiger partial charge in [-0.3, -0.25) is 14.6 Å². The Kier molecular flexibility index (Phi) is 4.72. The van der Waals surface area contributed by atoms with Gasteiger partial charge in [-0.2, -0.15) is 0 Å². The van der Waals surface area contributed by atoms with Crippen molar-refractivity contribution in [2.75, 3.05) is 19.1 Å². The van der Waals surface area contributed by atoms with E-state index in [4.69, 9.17) is 9.47 Å². The molecule has 0 saturated carbocycles. The monoisotopic (exact) mass is 474 g/mol. The number of para-hydroxylation sites is 1. The average molecular weight is 475 g/mol. The first-order valence-corrected chi connectivity index (χ1v) is 11.7. The summed E-state index contributed by atoms with van der Waals surface area (Å²) in [7, 11) is 2.55. The number of amides is 1. The van der Waals surface area contributed by atoms with Gasteiger partial charge in [0.25, 0.3) is 0 Å². The van der Waals surface area contributed by atoms with Crippen LogP contribution < -0.4 is 4.90 Å². The number of carbonyl (C=O) groups is 3. The van der Waals surface area contributed by atoms with Gasteiger partial charge in [-0.15, -0.1) is 0 Å². The van der Waals surface area contributed by atoms with Crippen molar-refractivity contribution in [1.82, 2.24) is 4.90 Å². The number of benzene rings is 2. The van der Waals surface area contributed by atoms with Crippen molar-refractivity contribution < 1.29 is 29.0 Å². The first-order valence-electron chi connectivity index (χ1n) is 11.7. The molecule has 1 N–H and O–H groups in total. The Morgan fingerprint density at radius 2 is 1.60 bits per heavy atom. The standard InChI is InChI=1S/C27H26N2O6/c1-27(33)15-11-7-8-12-16(15)29-23-21(27)19-18(25(31)34-2)20(26(32)35-3)22(19)28(23)17(24(29)30)13-14-9-5-4-6-10-14/h4-12,17,19,21-23,33H,13H2,1-3H3/t17-,19?,21+,22?,23+,27-/m0/s1. The van der Waals surface area contributed by atoms with Crippen LogP contribution in [0.25, 0.3) is 0 Å². The zero-order valence-corrected chi connectivity index (χ0v) is 19.7. The van der Waals surface area contributed by atoms with Gasteiger partial charge in [0, 0.05) is 17.4 Å². The minimum atomic E-state index is -1.35. The van der Waals surface area contributed by atoms with Gasteiger partial charge in [-0.25, -0.2) is 9.59 Å². The highest BCUT2D eigenvalue weighted by Gasteiger charge is 2.73. The second-order valence-electron chi connectivity index (χ2n) is 9.75. The third-order valence-corrected chi connectivity index (χ3v) is 8.18. The van der Waals surface area contributed by atoms with Gasteiger partial charge in [0.15, 0.2) is 0 Å². The Labute approximate surface area is 202 Å². The molecular formula is C27H26N2O6. The number of hydrogen-bond acceptors (Lipinski definition) is 7. The zero-order valence-electron chi connectivity index (χ0n) is 19.7. The Hall–Kier alpha value is -3.49. The summed E-state index contributed by atoms with van der Waals surface area (Å²) < 4.78 is 10.1. The smallest absolute Gasteiger partial charge is 0.335 e. The number of carbonyl (C=O) groups excluding carboxylic acids is 3. The molecule has 2 saturated heterocycles. The van der Waals surface area contributed by atoms with E-state index >= 15 is 0 Å². The number of fused-ring (bicyclic) bond motifs is 5. The van der Waals surface area contributed by atoms with Crippen LogP contribution in [-0.2, 0) is 35.9 Å². The van der Waals surface area contributed by atoms with E-state index in [2.05, 4.69) is 0 Å². The number of ether oxygens (including phenoxy) is 2. The molecule has 1 aliphatic carbocycles. The first-order chi connectivity index (χ1) is 16.8. The molecule has 0 spiro atoms. The van der Waals surface area contributed by atoms with Gasteiger partial charge in [0.2, 0.25) is 5.91 Å². The second kappa shape index (κ2) is 7.50. The van der Waals surface area contributed by atoms with Crippen LogP contribution in [0.1, 0.15) is 18.1 Å². The maximum Gasteiger partial charge on any atom is 0.335 e. The summed E-state index contributed by atoms with van der Waals surface area (Å²) in [5.41, 5.74) is 1.37. The number of nitrogens with zero attached hydrogens (tertiary/aromatic N) is 2. The molecule has 180 valence electrons. The zero-order chi connectivity index (χ0) is 24.6. The highest BCUT2D eigenvalue weighted by molar-refractivity contribution is 6.08. The minimum absolute atomic E-state index is 0.0824. The third kappa shape index (κ3) is 2.72. The Bertz CT molecular complexity index is 1290. The van der Waals surface area contributed by atoms with Crippen molar-refractivity contribution in [1.29, 1.82) is 0 Å². The summed E-state index contributed by atoms with van der Waals surface area (Å²) in [5, 5.41) is 11.9. The van der Waals surface area contributed by atoms with Crippen LogP contribution in [0.2, 0.25) is 0 Å². The average Bonchev–Trinajstić information content (AvgIpc) is 3.28. The molecule has 8 nitrogen and oxygen atoms in total. The number of hydrogen-bond donors (Lipinski definition) is 1. The minimum Gasteiger partial charge on any atom is -0.466 e. The predicted molar refractivity (Wildman–Crippen MR) is 125 cm³/mol. The summed E-state index contributed by atoms with van der Waals surface area (Å²) in [6.45, 7) is 1.73. The van der Waals surface area contributed by atoms with E-state index in [0.29, 0.717) is 17.7 Å². The lowest BCUT2D eigenvalue weighted by atomic mass is 9.61. The van der Waals surface area contributed by atoms with E-state index in [-0.39, 0.29) is 17.1 Å². The van der Waals surface area contributed by atoms with Crippen LogP contribution in [0.4, 0.5) is 5.69 Å². The summed E-state index contributed by atoms with van der Waals surface area (Å²) in [4.78, 5) is 43.5. The SMILES string of the molecule is COC(=O)C1=C(C(=O)OC)C2C1[C@@H]1[C@H]3N(C(=O)[C@H](Cc4ccccc4)N23)c2ccccc2[C@]1(C)O. The number of rotatable bonds is 4. The van der Waals surface area contributed by atoms with Gasteiger partial charge in [-0.05, 0) is 25.0 Å². The van der Waals surface area contributed by atoms with Gasteiger partial charge < -0.3 is 14.6 Å². The number of esters is 2. The van der Waals surface area contributed by atoms with Crippen molar-refractivity contribution in [2.45, 2.75) is 37.2 Å². The number of anilines is 1. The fourth-order valence-electron chi connectivity index (χ4n) is 6.84. The molecule has 0 radical (unpaired) electrons. The van der Waals surface area contributed by atoms with Crippen molar-refractivity contribution in [2.24, 2.45) is 11.8 Å². The predicted octanol–water partition coefficient (Wildman–Crippen LogP) is 1.76. The fourth-order valence-corrected chi connectivity index (χ4v) is 6.84. The molecule has 2 aromatic carbocycles. The maximum atomic E-state index is 14.0. The van der Waals surface area contributed by atoms with Crippen molar-refractivity contribution in [3.8, 4) is 0 Å². The van der Waals surface area contributed by atoms with Crippen molar-refractivity contribution >= 4 is 23.5 Å². The topological polar surface area (TPSA) is 96.4 Å². The lowest BCUT2D eigenvalue weighted by Crippen LogP contribution is -2.56. The fraction of sp³-hybridized carbons (Fsp3) is 0.370.